The van der Waals surface area contributed by atoms with Crippen molar-refractivity contribution in [2.24, 2.45) is 10.2 Å². The molecule has 74 valence electrons. The van der Waals surface area contributed by atoms with Crippen LogP contribution in [-0.4, -0.2) is 26.5 Å². The van der Waals surface area contributed by atoms with Gasteiger partial charge >= 0.3 is 0 Å². The Morgan fingerprint density at radius 3 is 2.69 bits per heavy atom. The zero-order valence-electron chi connectivity index (χ0n) is 8.41. The third-order valence-corrected chi connectivity index (χ3v) is 1.64. The standard InChI is InChI=1S/C9H16N2O2/c1-4-10-9(7-13-3)8(2)5-6-11-12/h4H,5-7H2,1-3H3/b9-8-,10-4?. The van der Waals surface area contributed by atoms with Crippen LogP contribution in [0.4, 0.5) is 0 Å². The Labute approximate surface area is 78.7 Å². The van der Waals surface area contributed by atoms with Gasteiger partial charge in [-0.25, -0.2) is 0 Å². The Morgan fingerprint density at radius 2 is 2.23 bits per heavy atom. The highest BCUT2D eigenvalue weighted by Gasteiger charge is 2.00. The third-order valence-electron chi connectivity index (χ3n) is 1.64. The summed E-state index contributed by atoms with van der Waals surface area (Å²) in [5, 5.41) is 2.80. The Morgan fingerprint density at radius 1 is 1.54 bits per heavy atom. The molecule has 0 aromatic rings. The van der Waals surface area contributed by atoms with Gasteiger partial charge in [-0.15, -0.1) is 0 Å². The van der Waals surface area contributed by atoms with E-state index < -0.39 is 0 Å². The normalized spacial score (nSPS) is 13.2. The lowest BCUT2D eigenvalue weighted by Gasteiger charge is -2.04. The fourth-order valence-corrected chi connectivity index (χ4v) is 0.921. The maximum absolute atomic E-state index is 9.91. The molecule has 0 atom stereocenters. The highest BCUT2D eigenvalue weighted by Crippen LogP contribution is 2.09. The zero-order chi connectivity index (χ0) is 10.1. The Hall–Kier alpha value is -1.03. The number of nitrogens with zero attached hydrogens (tertiary/aromatic N) is 2. The monoisotopic (exact) mass is 184 g/mol. The van der Waals surface area contributed by atoms with Crippen molar-refractivity contribution in [2.45, 2.75) is 20.3 Å². The van der Waals surface area contributed by atoms with Crippen LogP contribution in [0.15, 0.2) is 21.4 Å². The summed E-state index contributed by atoms with van der Waals surface area (Å²) >= 11 is 0. The minimum Gasteiger partial charge on any atom is -0.378 e. The molecule has 0 amide bonds. The van der Waals surface area contributed by atoms with E-state index in [0.29, 0.717) is 19.6 Å². The van der Waals surface area contributed by atoms with Gasteiger partial charge in [0.25, 0.3) is 0 Å². The molecule has 0 saturated carbocycles. The van der Waals surface area contributed by atoms with Gasteiger partial charge in [0.05, 0.1) is 18.8 Å². The molecule has 0 aliphatic carbocycles. The van der Waals surface area contributed by atoms with Crippen molar-refractivity contribution >= 4 is 6.21 Å². The van der Waals surface area contributed by atoms with E-state index in [9.17, 15) is 4.91 Å². The van der Waals surface area contributed by atoms with Crippen LogP contribution in [0.2, 0.25) is 0 Å². The largest absolute Gasteiger partial charge is 0.378 e. The van der Waals surface area contributed by atoms with Crippen molar-refractivity contribution in [2.75, 3.05) is 20.3 Å². The maximum Gasteiger partial charge on any atom is 0.0883 e. The van der Waals surface area contributed by atoms with E-state index in [1.807, 2.05) is 13.8 Å². The quantitative estimate of drug-likeness (QED) is 0.469. The van der Waals surface area contributed by atoms with Crippen LogP contribution < -0.4 is 0 Å². The van der Waals surface area contributed by atoms with E-state index >= 15 is 0 Å². The summed E-state index contributed by atoms with van der Waals surface area (Å²) in [6, 6.07) is 0. The number of methoxy groups -OCH3 is 1. The lowest BCUT2D eigenvalue weighted by Crippen LogP contribution is -1.97. The molecule has 0 spiro atoms. The number of aliphatic imine (C=N–C) groups is 1. The van der Waals surface area contributed by atoms with E-state index in [0.717, 1.165) is 11.3 Å². The summed E-state index contributed by atoms with van der Waals surface area (Å²) in [5.41, 5.74) is 1.94. The first-order valence-corrected chi connectivity index (χ1v) is 4.21. The Balaban J connectivity index is 4.33. The molecule has 0 rings (SSSR count). The molecule has 0 aromatic heterocycles. The highest BCUT2D eigenvalue weighted by atomic mass is 16.5. The van der Waals surface area contributed by atoms with Crippen molar-refractivity contribution in [1.29, 1.82) is 0 Å². The fraction of sp³-hybridized carbons (Fsp3) is 0.667. The van der Waals surface area contributed by atoms with Gasteiger partial charge in [-0.2, -0.15) is 4.91 Å². The third kappa shape index (κ3) is 5.25. The summed E-state index contributed by atoms with van der Waals surface area (Å²) in [5.74, 6) is 0. The van der Waals surface area contributed by atoms with E-state index in [2.05, 4.69) is 10.2 Å². The average molecular weight is 184 g/mol. The molecule has 0 bridgehead atoms. The molecule has 0 saturated heterocycles. The van der Waals surface area contributed by atoms with Gasteiger partial charge in [0.1, 0.15) is 0 Å². The molecule has 0 N–H and O–H groups in total. The van der Waals surface area contributed by atoms with Gasteiger partial charge in [-0.1, -0.05) is 5.18 Å². The SMILES string of the molecule is CC=N/C(COC)=C(/C)CCN=O. The van der Waals surface area contributed by atoms with Crippen molar-refractivity contribution in [3.8, 4) is 0 Å². The first-order chi connectivity index (χ1) is 6.26. The smallest absolute Gasteiger partial charge is 0.0883 e. The van der Waals surface area contributed by atoms with Gasteiger partial charge in [0.2, 0.25) is 0 Å². The van der Waals surface area contributed by atoms with Crippen LogP contribution >= 0.6 is 0 Å². The van der Waals surface area contributed by atoms with Crippen LogP contribution in [0.3, 0.4) is 0 Å². The fourth-order valence-electron chi connectivity index (χ4n) is 0.921. The Kier molecular flexibility index (Phi) is 7.01. The summed E-state index contributed by atoms with van der Waals surface area (Å²) in [6.07, 6.45) is 2.37. The van der Waals surface area contributed by atoms with Gasteiger partial charge in [0, 0.05) is 13.3 Å². The average Bonchev–Trinajstić information content (AvgIpc) is 2.14. The topological polar surface area (TPSA) is 51.0 Å². The predicted octanol–water partition coefficient (Wildman–Crippen LogP) is 2.15. The van der Waals surface area contributed by atoms with E-state index in [-0.39, 0.29) is 0 Å². The molecule has 0 unspecified atom stereocenters. The van der Waals surface area contributed by atoms with Gasteiger partial charge < -0.3 is 4.74 Å². The summed E-state index contributed by atoms with van der Waals surface area (Å²) in [7, 11) is 1.62. The van der Waals surface area contributed by atoms with Crippen molar-refractivity contribution in [3.05, 3.63) is 16.2 Å². The Bertz CT molecular complexity index is 210. The predicted molar refractivity (Wildman–Crippen MR) is 54.0 cm³/mol. The second-order valence-electron chi connectivity index (χ2n) is 2.65. The molecule has 4 heteroatoms. The van der Waals surface area contributed by atoms with Crippen LogP contribution in [0.1, 0.15) is 20.3 Å². The molecule has 0 radical (unpaired) electrons. The molecule has 0 heterocycles. The number of hydrogen-bond donors (Lipinski definition) is 0. The van der Waals surface area contributed by atoms with Gasteiger partial charge in [0.15, 0.2) is 0 Å². The van der Waals surface area contributed by atoms with Crippen LogP contribution in [0.25, 0.3) is 0 Å². The van der Waals surface area contributed by atoms with Crippen LogP contribution in [0.5, 0.6) is 0 Å². The molecule has 0 aliphatic rings. The second-order valence-corrected chi connectivity index (χ2v) is 2.65. The van der Waals surface area contributed by atoms with E-state index in [4.69, 9.17) is 4.74 Å². The number of nitroso groups, excluding NO2 is 1. The minimum atomic E-state index is 0.304. The first kappa shape index (κ1) is 12.0. The summed E-state index contributed by atoms with van der Waals surface area (Å²) in [6.45, 7) is 4.57. The summed E-state index contributed by atoms with van der Waals surface area (Å²) < 4.78 is 4.98. The number of ether oxygens (including phenoxy) is 1. The first-order valence-electron chi connectivity index (χ1n) is 4.21. The molecular weight excluding hydrogens is 168 g/mol. The molecule has 0 aromatic carbocycles. The van der Waals surface area contributed by atoms with Gasteiger partial charge in [-0.05, 0) is 25.8 Å². The number of hydrogen-bond acceptors (Lipinski definition) is 4. The van der Waals surface area contributed by atoms with Crippen LogP contribution in [-0.2, 0) is 4.74 Å². The van der Waals surface area contributed by atoms with Crippen LogP contribution in [0, 0.1) is 4.91 Å². The molecule has 13 heavy (non-hydrogen) atoms. The molecule has 0 fully saturated rings. The second kappa shape index (κ2) is 7.61. The highest BCUT2D eigenvalue weighted by molar-refractivity contribution is 5.55. The summed E-state index contributed by atoms with van der Waals surface area (Å²) in [4.78, 5) is 14.1. The molecule has 4 nitrogen and oxygen atoms in total. The van der Waals surface area contributed by atoms with Crippen molar-refractivity contribution in [3.63, 3.8) is 0 Å². The lowest BCUT2D eigenvalue weighted by molar-refractivity contribution is 0.224. The lowest BCUT2D eigenvalue weighted by atomic mass is 10.2. The van der Waals surface area contributed by atoms with E-state index in [1.54, 1.807) is 13.3 Å². The van der Waals surface area contributed by atoms with Gasteiger partial charge in [-0.3, -0.25) is 4.99 Å². The van der Waals surface area contributed by atoms with E-state index in [1.165, 1.54) is 0 Å². The zero-order valence-corrected chi connectivity index (χ0v) is 8.41. The van der Waals surface area contributed by atoms with Crippen molar-refractivity contribution < 1.29 is 4.74 Å². The molecular formula is C9H16N2O2. The number of rotatable bonds is 6. The molecule has 0 aliphatic heterocycles. The minimum absolute atomic E-state index is 0.304. The maximum atomic E-state index is 9.91. The van der Waals surface area contributed by atoms with Crippen molar-refractivity contribution in [1.82, 2.24) is 0 Å².